The summed E-state index contributed by atoms with van der Waals surface area (Å²) >= 11 is 0. The van der Waals surface area contributed by atoms with E-state index < -0.39 is 0 Å². The number of para-hydroxylation sites is 1. The van der Waals surface area contributed by atoms with Crippen LogP contribution in [-0.2, 0) is 11.2 Å². The number of nitrogens with zero attached hydrogens (tertiary/aromatic N) is 2. The molecule has 2 unspecified atom stereocenters. The first-order chi connectivity index (χ1) is 12.2. The maximum atomic E-state index is 12.6. The molecule has 1 aliphatic carbocycles. The monoisotopic (exact) mass is 341 g/mol. The van der Waals surface area contributed by atoms with Crippen molar-refractivity contribution >= 4 is 16.8 Å². The molecular weight excluding hydrogens is 314 g/mol. The van der Waals surface area contributed by atoms with Crippen molar-refractivity contribution in [2.45, 2.75) is 44.2 Å². The third-order valence-corrected chi connectivity index (χ3v) is 5.86. The van der Waals surface area contributed by atoms with Crippen LogP contribution in [0, 0.1) is 0 Å². The van der Waals surface area contributed by atoms with Gasteiger partial charge in [0, 0.05) is 55.7 Å². The molecule has 1 amide bonds. The summed E-state index contributed by atoms with van der Waals surface area (Å²) in [5.74, 6) is 0.247. The molecule has 1 aromatic carbocycles. The number of aryl methyl sites for hydroxylation is 1. The van der Waals surface area contributed by atoms with E-state index in [-0.39, 0.29) is 12.0 Å². The maximum absolute atomic E-state index is 12.6. The number of aromatic amines is 1. The van der Waals surface area contributed by atoms with E-state index >= 15 is 0 Å². The van der Waals surface area contributed by atoms with Gasteiger partial charge in [-0.15, -0.1) is 0 Å². The number of benzene rings is 1. The molecule has 4 rings (SSSR count). The van der Waals surface area contributed by atoms with Gasteiger partial charge in [-0.05, 0) is 37.3 Å². The second-order valence-electron chi connectivity index (χ2n) is 7.34. The van der Waals surface area contributed by atoms with E-state index in [2.05, 4.69) is 22.0 Å². The van der Waals surface area contributed by atoms with Crippen LogP contribution in [0.3, 0.4) is 0 Å². The van der Waals surface area contributed by atoms with Crippen molar-refractivity contribution in [1.29, 1.82) is 0 Å². The summed E-state index contributed by atoms with van der Waals surface area (Å²) in [6.45, 7) is 3.35. The van der Waals surface area contributed by atoms with Crippen LogP contribution in [0.2, 0.25) is 0 Å². The van der Waals surface area contributed by atoms with Crippen molar-refractivity contribution < 1.29 is 9.90 Å². The van der Waals surface area contributed by atoms with Crippen molar-refractivity contribution in [2.24, 2.45) is 0 Å². The van der Waals surface area contributed by atoms with Gasteiger partial charge in [0.1, 0.15) is 0 Å². The number of aromatic nitrogens is 1. The third kappa shape index (κ3) is 3.44. The van der Waals surface area contributed by atoms with E-state index in [1.165, 1.54) is 10.9 Å². The molecule has 2 fully saturated rings. The second kappa shape index (κ2) is 7.18. The fourth-order valence-electron chi connectivity index (χ4n) is 4.39. The Balaban J connectivity index is 1.29. The van der Waals surface area contributed by atoms with E-state index in [0.29, 0.717) is 12.5 Å². The molecule has 0 bridgehead atoms. The lowest BCUT2D eigenvalue weighted by Crippen LogP contribution is -2.53. The summed E-state index contributed by atoms with van der Waals surface area (Å²) in [6.07, 6.45) is 6.33. The quantitative estimate of drug-likeness (QED) is 0.896. The molecule has 2 aromatic rings. The van der Waals surface area contributed by atoms with Crippen LogP contribution in [0.4, 0.5) is 0 Å². The predicted octanol–water partition coefficient (Wildman–Crippen LogP) is 2.16. The smallest absolute Gasteiger partial charge is 0.222 e. The van der Waals surface area contributed by atoms with Gasteiger partial charge in [0.2, 0.25) is 5.91 Å². The van der Waals surface area contributed by atoms with Crippen LogP contribution in [0.1, 0.15) is 31.2 Å². The molecule has 1 saturated heterocycles. The molecule has 2 heterocycles. The van der Waals surface area contributed by atoms with Gasteiger partial charge in [0.05, 0.1) is 6.10 Å². The molecule has 134 valence electrons. The average Bonchev–Trinajstić information content (AvgIpc) is 3.26. The van der Waals surface area contributed by atoms with Crippen molar-refractivity contribution in [1.82, 2.24) is 14.8 Å². The van der Waals surface area contributed by atoms with Crippen LogP contribution in [0.5, 0.6) is 0 Å². The number of amides is 1. The lowest BCUT2D eigenvalue weighted by atomic mass is 10.1. The second-order valence-corrected chi connectivity index (χ2v) is 7.34. The number of hydrogen-bond acceptors (Lipinski definition) is 3. The number of carbonyl (C=O) groups excluding carboxylic acids is 1. The van der Waals surface area contributed by atoms with Gasteiger partial charge < -0.3 is 15.0 Å². The molecule has 1 saturated carbocycles. The summed E-state index contributed by atoms with van der Waals surface area (Å²) in [7, 11) is 0. The van der Waals surface area contributed by atoms with Crippen LogP contribution in [0.15, 0.2) is 30.5 Å². The lowest BCUT2D eigenvalue weighted by Gasteiger charge is -2.39. The first-order valence-corrected chi connectivity index (χ1v) is 9.47. The minimum absolute atomic E-state index is 0.177. The maximum Gasteiger partial charge on any atom is 0.222 e. The van der Waals surface area contributed by atoms with Crippen molar-refractivity contribution in [3.8, 4) is 0 Å². The largest absolute Gasteiger partial charge is 0.391 e. The summed E-state index contributed by atoms with van der Waals surface area (Å²) in [5, 5.41) is 11.3. The molecule has 0 spiro atoms. The summed E-state index contributed by atoms with van der Waals surface area (Å²) < 4.78 is 0. The Hall–Kier alpha value is -1.85. The Labute approximate surface area is 148 Å². The SMILES string of the molecule is O=C(CCc1c[nH]c2ccccc12)N1CCN(C2CCCC2O)CC1. The van der Waals surface area contributed by atoms with Crippen LogP contribution in [-0.4, -0.2) is 64.1 Å². The van der Waals surface area contributed by atoms with E-state index in [9.17, 15) is 9.90 Å². The number of piperazine rings is 1. The molecule has 1 aromatic heterocycles. The Kier molecular flexibility index (Phi) is 4.77. The Morgan fingerprint density at radius 2 is 1.96 bits per heavy atom. The summed E-state index contributed by atoms with van der Waals surface area (Å²) in [5.41, 5.74) is 2.35. The van der Waals surface area contributed by atoms with Crippen molar-refractivity contribution in [3.05, 3.63) is 36.0 Å². The minimum Gasteiger partial charge on any atom is -0.391 e. The van der Waals surface area contributed by atoms with E-state index in [0.717, 1.165) is 57.4 Å². The fourth-order valence-corrected chi connectivity index (χ4v) is 4.39. The highest BCUT2D eigenvalue weighted by Crippen LogP contribution is 2.25. The lowest BCUT2D eigenvalue weighted by molar-refractivity contribution is -0.133. The number of aliphatic hydroxyl groups excluding tert-OH is 1. The molecule has 0 radical (unpaired) electrons. The zero-order valence-corrected chi connectivity index (χ0v) is 14.7. The number of carbonyl (C=O) groups is 1. The summed E-state index contributed by atoms with van der Waals surface area (Å²) in [6, 6.07) is 8.55. The van der Waals surface area contributed by atoms with E-state index in [1.807, 2.05) is 23.2 Å². The first-order valence-electron chi connectivity index (χ1n) is 9.47. The van der Waals surface area contributed by atoms with Gasteiger partial charge in [0.15, 0.2) is 0 Å². The normalized spacial score (nSPS) is 24.9. The van der Waals surface area contributed by atoms with Gasteiger partial charge in [-0.2, -0.15) is 0 Å². The van der Waals surface area contributed by atoms with Crippen LogP contribution < -0.4 is 0 Å². The van der Waals surface area contributed by atoms with Crippen LogP contribution in [0.25, 0.3) is 10.9 Å². The third-order valence-electron chi connectivity index (χ3n) is 5.86. The van der Waals surface area contributed by atoms with E-state index in [1.54, 1.807) is 0 Å². The highest BCUT2D eigenvalue weighted by Gasteiger charge is 2.33. The number of hydrogen-bond donors (Lipinski definition) is 2. The minimum atomic E-state index is -0.177. The van der Waals surface area contributed by atoms with Gasteiger partial charge in [-0.25, -0.2) is 0 Å². The Bertz CT molecular complexity index is 733. The van der Waals surface area contributed by atoms with Gasteiger partial charge in [0.25, 0.3) is 0 Å². The summed E-state index contributed by atoms with van der Waals surface area (Å²) in [4.78, 5) is 20.2. The topological polar surface area (TPSA) is 59.6 Å². The average molecular weight is 341 g/mol. The molecular formula is C20H27N3O2. The van der Waals surface area contributed by atoms with E-state index in [4.69, 9.17) is 0 Å². The Morgan fingerprint density at radius 3 is 2.72 bits per heavy atom. The first kappa shape index (κ1) is 16.6. The number of H-pyrrole nitrogens is 1. The van der Waals surface area contributed by atoms with Crippen molar-refractivity contribution in [3.63, 3.8) is 0 Å². The van der Waals surface area contributed by atoms with Gasteiger partial charge in [-0.3, -0.25) is 9.69 Å². The molecule has 1 aliphatic heterocycles. The number of rotatable bonds is 4. The van der Waals surface area contributed by atoms with Crippen LogP contribution >= 0.6 is 0 Å². The molecule has 2 N–H and O–H groups in total. The van der Waals surface area contributed by atoms with Crippen molar-refractivity contribution in [2.75, 3.05) is 26.2 Å². The molecule has 25 heavy (non-hydrogen) atoms. The standard InChI is InChI=1S/C20H27N3O2/c24-19-7-3-6-18(19)22-10-12-23(13-11-22)20(25)9-8-15-14-21-17-5-2-1-4-16(15)17/h1-2,4-5,14,18-19,21,24H,3,6-13H2. The predicted molar refractivity (Wildman–Crippen MR) is 98.4 cm³/mol. The zero-order valence-electron chi connectivity index (χ0n) is 14.7. The van der Waals surface area contributed by atoms with Gasteiger partial charge >= 0.3 is 0 Å². The molecule has 2 atom stereocenters. The highest BCUT2D eigenvalue weighted by molar-refractivity contribution is 5.84. The number of fused-ring (bicyclic) bond motifs is 1. The molecule has 2 aliphatic rings. The number of aliphatic hydroxyl groups is 1. The van der Waals surface area contributed by atoms with Gasteiger partial charge in [-0.1, -0.05) is 18.2 Å². The Morgan fingerprint density at radius 1 is 1.16 bits per heavy atom. The highest BCUT2D eigenvalue weighted by atomic mass is 16.3. The molecule has 5 heteroatoms. The molecule has 5 nitrogen and oxygen atoms in total. The fraction of sp³-hybridized carbons (Fsp3) is 0.550. The zero-order chi connectivity index (χ0) is 17.2. The number of nitrogens with one attached hydrogen (secondary N) is 1.